The van der Waals surface area contributed by atoms with Crippen molar-refractivity contribution >= 4 is 28.4 Å². The second-order valence-corrected chi connectivity index (χ2v) is 6.98. The fourth-order valence-corrected chi connectivity index (χ4v) is 3.00. The monoisotopic (exact) mass is 403 g/mol. The fourth-order valence-electron chi connectivity index (χ4n) is 3.00. The number of benzene rings is 1. The van der Waals surface area contributed by atoms with Crippen molar-refractivity contribution < 1.29 is 22.8 Å². The van der Waals surface area contributed by atoms with Gasteiger partial charge in [-0.15, -0.1) is 0 Å². The van der Waals surface area contributed by atoms with Gasteiger partial charge in [0.25, 0.3) is 5.91 Å². The number of alkyl halides is 3. The summed E-state index contributed by atoms with van der Waals surface area (Å²) < 4.78 is 39.0. The number of halogens is 3. The largest absolute Gasteiger partial charge is 0.411 e. The minimum Gasteiger partial charge on any atom is -0.336 e. The molecule has 1 aromatic carbocycles. The summed E-state index contributed by atoms with van der Waals surface area (Å²) in [5.74, 6) is -1.27. The minimum absolute atomic E-state index is 0.0794. The first-order valence-electron chi connectivity index (χ1n) is 8.83. The molecular weight excluding hydrogens is 387 g/mol. The number of H-pyrrole nitrogens is 1. The number of anilines is 1. The normalized spacial score (nSPS) is 15.1. The number of fused-ring (bicyclic) bond motifs is 1. The van der Waals surface area contributed by atoms with Crippen molar-refractivity contribution in [3.05, 3.63) is 54.0 Å². The van der Waals surface area contributed by atoms with Crippen molar-refractivity contribution in [2.75, 3.05) is 5.32 Å². The van der Waals surface area contributed by atoms with E-state index in [-0.39, 0.29) is 36.6 Å². The highest BCUT2D eigenvalue weighted by molar-refractivity contribution is 5.97. The van der Waals surface area contributed by atoms with Crippen LogP contribution in [-0.2, 0) is 11.2 Å². The number of nitrogens with one attached hydrogen (secondary N) is 3. The maximum absolute atomic E-state index is 13.0. The van der Waals surface area contributed by atoms with Gasteiger partial charge in [-0.3, -0.25) is 19.7 Å². The molecule has 0 radical (unpaired) electrons. The van der Waals surface area contributed by atoms with Crippen LogP contribution >= 0.6 is 0 Å². The molecule has 0 aliphatic heterocycles. The lowest BCUT2D eigenvalue weighted by Crippen LogP contribution is -2.48. The van der Waals surface area contributed by atoms with E-state index in [0.717, 1.165) is 16.5 Å². The second kappa shape index (κ2) is 6.87. The molecule has 1 aliphatic rings. The summed E-state index contributed by atoms with van der Waals surface area (Å²) in [7, 11) is 0. The van der Waals surface area contributed by atoms with Gasteiger partial charge >= 0.3 is 6.18 Å². The number of aromatic nitrogens is 3. The van der Waals surface area contributed by atoms with Crippen molar-refractivity contribution in [2.45, 2.75) is 31.0 Å². The Bertz CT molecular complexity index is 1090. The van der Waals surface area contributed by atoms with Crippen molar-refractivity contribution in [1.29, 1.82) is 0 Å². The smallest absolute Gasteiger partial charge is 0.336 e. The molecule has 0 saturated heterocycles. The predicted octanol–water partition coefficient (Wildman–Crippen LogP) is 2.96. The SMILES string of the molecule is O=C(Cc1ccc2cn[nH]c2c1)Nc1ccnc(C(=O)NC2(C(F)(F)F)CC2)c1. The summed E-state index contributed by atoms with van der Waals surface area (Å²) in [4.78, 5) is 28.3. The van der Waals surface area contributed by atoms with Crippen LogP contribution in [0.25, 0.3) is 10.9 Å². The van der Waals surface area contributed by atoms with Crippen molar-refractivity contribution in [1.82, 2.24) is 20.5 Å². The number of pyridine rings is 1. The molecule has 150 valence electrons. The van der Waals surface area contributed by atoms with Crippen LogP contribution in [0.2, 0.25) is 0 Å². The maximum atomic E-state index is 13.0. The summed E-state index contributed by atoms with van der Waals surface area (Å²) in [6.07, 6.45) is -1.81. The third-order valence-corrected chi connectivity index (χ3v) is 4.79. The molecule has 2 aromatic heterocycles. The molecule has 1 saturated carbocycles. The molecule has 0 spiro atoms. The van der Waals surface area contributed by atoms with E-state index < -0.39 is 17.6 Å². The van der Waals surface area contributed by atoms with Gasteiger partial charge in [0.2, 0.25) is 5.91 Å². The van der Waals surface area contributed by atoms with Crippen molar-refractivity contribution in [2.24, 2.45) is 0 Å². The summed E-state index contributed by atoms with van der Waals surface area (Å²) in [5.41, 5.74) is -0.535. The zero-order chi connectivity index (χ0) is 20.6. The van der Waals surface area contributed by atoms with Crippen molar-refractivity contribution in [3.8, 4) is 0 Å². The summed E-state index contributed by atoms with van der Waals surface area (Å²) in [5, 5.41) is 12.3. The molecule has 2 amide bonds. The Morgan fingerprint density at radius 2 is 1.97 bits per heavy atom. The quantitative estimate of drug-likeness (QED) is 0.610. The van der Waals surface area contributed by atoms with Gasteiger partial charge in [-0.1, -0.05) is 12.1 Å². The Hall–Kier alpha value is -3.43. The summed E-state index contributed by atoms with van der Waals surface area (Å²) in [6, 6.07) is 8.15. The first kappa shape index (κ1) is 18.9. The van der Waals surface area contributed by atoms with Gasteiger partial charge in [0.05, 0.1) is 18.1 Å². The molecule has 7 nitrogen and oxygen atoms in total. The zero-order valence-corrected chi connectivity index (χ0v) is 15.0. The minimum atomic E-state index is -4.51. The molecular formula is C19H16F3N5O2. The fraction of sp³-hybridized carbons (Fsp3) is 0.263. The lowest BCUT2D eigenvalue weighted by atomic mass is 10.1. The molecule has 3 N–H and O–H groups in total. The van der Waals surface area contributed by atoms with Gasteiger partial charge in [-0.05, 0) is 36.6 Å². The van der Waals surface area contributed by atoms with Crippen LogP contribution in [0.15, 0.2) is 42.7 Å². The van der Waals surface area contributed by atoms with Gasteiger partial charge < -0.3 is 10.6 Å². The number of hydrogen-bond donors (Lipinski definition) is 3. The Kier molecular flexibility index (Phi) is 4.48. The number of carbonyl (C=O) groups is 2. The van der Waals surface area contributed by atoms with Gasteiger partial charge in [0.15, 0.2) is 0 Å². The third-order valence-electron chi connectivity index (χ3n) is 4.79. The van der Waals surface area contributed by atoms with E-state index in [4.69, 9.17) is 0 Å². The lowest BCUT2D eigenvalue weighted by molar-refractivity contribution is -0.163. The lowest BCUT2D eigenvalue weighted by Gasteiger charge is -2.20. The number of hydrogen-bond acceptors (Lipinski definition) is 4. The Balaban J connectivity index is 1.41. The van der Waals surface area contributed by atoms with E-state index in [0.29, 0.717) is 0 Å². The van der Waals surface area contributed by atoms with Crippen molar-refractivity contribution in [3.63, 3.8) is 0 Å². The van der Waals surface area contributed by atoms with Crippen LogP contribution in [-0.4, -0.2) is 38.7 Å². The van der Waals surface area contributed by atoms with E-state index in [1.165, 1.54) is 18.3 Å². The van der Waals surface area contributed by atoms with Gasteiger partial charge in [0.1, 0.15) is 11.2 Å². The van der Waals surface area contributed by atoms with Gasteiger partial charge in [-0.25, -0.2) is 0 Å². The summed E-state index contributed by atoms with van der Waals surface area (Å²) in [6.45, 7) is 0. The molecule has 0 unspecified atom stereocenters. The molecule has 1 fully saturated rings. The Morgan fingerprint density at radius 1 is 1.17 bits per heavy atom. The zero-order valence-electron chi connectivity index (χ0n) is 15.0. The van der Waals surface area contributed by atoms with Crippen LogP contribution in [0.1, 0.15) is 28.9 Å². The third kappa shape index (κ3) is 3.91. The Morgan fingerprint density at radius 3 is 2.69 bits per heavy atom. The molecule has 4 rings (SSSR count). The van der Waals surface area contributed by atoms with Crippen LogP contribution < -0.4 is 10.6 Å². The van der Waals surface area contributed by atoms with Gasteiger partial charge in [-0.2, -0.15) is 18.3 Å². The highest BCUT2D eigenvalue weighted by Gasteiger charge is 2.64. The molecule has 0 atom stereocenters. The van der Waals surface area contributed by atoms with Crippen LogP contribution in [0, 0.1) is 0 Å². The van der Waals surface area contributed by atoms with Crippen LogP contribution in [0.3, 0.4) is 0 Å². The van der Waals surface area contributed by atoms with Crippen LogP contribution in [0.4, 0.5) is 18.9 Å². The molecule has 29 heavy (non-hydrogen) atoms. The molecule has 1 aliphatic carbocycles. The Labute approximate surface area is 162 Å². The second-order valence-electron chi connectivity index (χ2n) is 6.98. The van der Waals surface area contributed by atoms with Gasteiger partial charge in [0, 0.05) is 17.3 Å². The van der Waals surface area contributed by atoms with E-state index in [9.17, 15) is 22.8 Å². The molecule has 10 heteroatoms. The van der Waals surface area contributed by atoms with E-state index in [1.807, 2.05) is 11.4 Å². The number of aromatic amines is 1. The predicted molar refractivity (Wildman–Crippen MR) is 98.2 cm³/mol. The average Bonchev–Trinajstić information content (AvgIpc) is 3.31. The van der Waals surface area contributed by atoms with E-state index in [1.54, 1.807) is 18.3 Å². The van der Waals surface area contributed by atoms with E-state index >= 15 is 0 Å². The average molecular weight is 403 g/mol. The highest BCUT2D eigenvalue weighted by Crippen LogP contribution is 2.49. The first-order chi connectivity index (χ1) is 13.8. The summed E-state index contributed by atoms with van der Waals surface area (Å²) >= 11 is 0. The highest BCUT2D eigenvalue weighted by atomic mass is 19.4. The standard InChI is InChI=1S/C19H16F3N5O2/c20-19(21,22)18(4-5-18)26-17(29)15-9-13(3-6-23-15)25-16(28)8-11-1-2-12-10-24-27-14(12)7-11/h1-3,6-7,9-10H,4-5,8H2,(H,24,27)(H,26,29)(H,23,25,28). The number of carbonyl (C=O) groups excluding carboxylic acids is 2. The first-order valence-corrected chi connectivity index (χ1v) is 8.83. The number of nitrogens with zero attached hydrogens (tertiary/aromatic N) is 2. The number of rotatable bonds is 5. The van der Waals surface area contributed by atoms with E-state index in [2.05, 4.69) is 20.5 Å². The molecule has 0 bridgehead atoms. The molecule has 2 heterocycles. The number of amides is 2. The maximum Gasteiger partial charge on any atom is 0.411 e. The molecule has 3 aromatic rings. The topological polar surface area (TPSA) is 99.8 Å². The van der Waals surface area contributed by atoms with Crippen LogP contribution in [0.5, 0.6) is 0 Å².